The largest absolute Gasteiger partial charge is 0.273 e. The molecular weight excluding hydrogens is 526 g/mol. The van der Waals surface area contributed by atoms with E-state index in [-0.39, 0.29) is 22.7 Å². The van der Waals surface area contributed by atoms with Crippen LogP contribution in [0.4, 0.5) is 5.69 Å². The fourth-order valence-electron chi connectivity index (χ4n) is 3.43. The van der Waals surface area contributed by atoms with Gasteiger partial charge in [0.15, 0.2) is 0 Å². The highest BCUT2D eigenvalue weighted by molar-refractivity contribution is 9.10. The standard InChI is InChI=1S/C27H22BrN3O3S/c28-23-17-15-21(16-18-23)19-29-30-27(32)25-13-7-8-14-26(25)31(20-22-9-3-1-4-10-22)35(33,34)24-11-5-2-6-12-24/h1-19H,20H2,(H,30,32)/b29-19-. The van der Waals surface area contributed by atoms with Gasteiger partial charge in [-0.25, -0.2) is 13.8 Å². The van der Waals surface area contributed by atoms with E-state index in [9.17, 15) is 13.2 Å². The van der Waals surface area contributed by atoms with E-state index in [4.69, 9.17) is 0 Å². The number of hydrazone groups is 1. The van der Waals surface area contributed by atoms with Gasteiger partial charge in [0.2, 0.25) is 0 Å². The van der Waals surface area contributed by atoms with Crippen LogP contribution in [0.25, 0.3) is 0 Å². The first-order chi connectivity index (χ1) is 16.9. The van der Waals surface area contributed by atoms with E-state index in [1.807, 2.05) is 54.6 Å². The van der Waals surface area contributed by atoms with Crippen molar-refractivity contribution in [1.82, 2.24) is 5.43 Å². The van der Waals surface area contributed by atoms with Crippen molar-refractivity contribution in [2.24, 2.45) is 5.10 Å². The van der Waals surface area contributed by atoms with Crippen LogP contribution in [0.5, 0.6) is 0 Å². The third-order valence-electron chi connectivity index (χ3n) is 5.17. The van der Waals surface area contributed by atoms with Gasteiger partial charge >= 0.3 is 0 Å². The molecule has 0 radical (unpaired) electrons. The molecule has 1 N–H and O–H groups in total. The summed E-state index contributed by atoms with van der Waals surface area (Å²) in [7, 11) is -3.97. The molecule has 4 aromatic carbocycles. The Hall–Kier alpha value is -3.75. The van der Waals surface area contributed by atoms with Crippen LogP contribution in [0.1, 0.15) is 21.5 Å². The summed E-state index contributed by atoms with van der Waals surface area (Å²) < 4.78 is 29.6. The lowest BCUT2D eigenvalue weighted by Crippen LogP contribution is -2.33. The number of nitrogens with one attached hydrogen (secondary N) is 1. The second kappa shape index (κ2) is 11.1. The number of carbonyl (C=O) groups excluding carboxylic acids is 1. The Balaban J connectivity index is 1.69. The van der Waals surface area contributed by atoms with E-state index in [0.29, 0.717) is 0 Å². The van der Waals surface area contributed by atoms with Crippen LogP contribution < -0.4 is 9.73 Å². The SMILES string of the molecule is O=C(N/N=C\c1ccc(Br)cc1)c1ccccc1N(Cc1ccccc1)S(=O)(=O)c1ccccc1. The molecule has 4 aromatic rings. The summed E-state index contributed by atoms with van der Waals surface area (Å²) in [4.78, 5) is 13.2. The molecular formula is C27H22BrN3O3S. The van der Waals surface area contributed by atoms with E-state index in [2.05, 4.69) is 26.5 Å². The fraction of sp³-hybridized carbons (Fsp3) is 0.0370. The molecule has 0 fully saturated rings. The lowest BCUT2D eigenvalue weighted by atomic mass is 10.1. The first kappa shape index (κ1) is 24.4. The van der Waals surface area contributed by atoms with Crippen LogP contribution in [-0.4, -0.2) is 20.5 Å². The van der Waals surface area contributed by atoms with E-state index in [1.54, 1.807) is 54.6 Å². The van der Waals surface area contributed by atoms with E-state index in [0.717, 1.165) is 15.6 Å². The number of anilines is 1. The predicted molar refractivity (Wildman–Crippen MR) is 142 cm³/mol. The number of amides is 1. The quantitative estimate of drug-likeness (QED) is 0.230. The number of carbonyl (C=O) groups is 1. The molecule has 176 valence electrons. The van der Waals surface area contributed by atoms with Crippen molar-refractivity contribution in [3.63, 3.8) is 0 Å². The zero-order valence-electron chi connectivity index (χ0n) is 18.6. The number of sulfonamides is 1. The molecule has 0 aliphatic carbocycles. The molecule has 0 atom stereocenters. The minimum absolute atomic E-state index is 0.0600. The van der Waals surface area contributed by atoms with E-state index < -0.39 is 15.9 Å². The average molecular weight is 548 g/mol. The summed E-state index contributed by atoms with van der Waals surface area (Å²) in [5.74, 6) is -0.518. The highest BCUT2D eigenvalue weighted by atomic mass is 79.9. The van der Waals surface area contributed by atoms with Gasteiger partial charge in [0, 0.05) is 4.47 Å². The number of para-hydroxylation sites is 1. The van der Waals surface area contributed by atoms with Crippen molar-refractivity contribution < 1.29 is 13.2 Å². The molecule has 0 heterocycles. The van der Waals surface area contributed by atoms with Gasteiger partial charge < -0.3 is 0 Å². The Labute approximate surface area is 213 Å². The molecule has 0 aliphatic heterocycles. The van der Waals surface area contributed by atoms with Crippen LogP contribution in [0.2, 0.25) is 0 Å². The van der Waals surface area contributed by atoms with Gasteiger partial charge in [-0.2, -0.15) is 5.10 Å². The second-order valence-corrected chi connectivity index (χ2v) is 10.4. The summed E-state index contributed by atoms with van der Waals surface area (Å²) in [6.45, 7) is 0.0600. The van der Waals surface area contributed by atoms with Crippen LogP contribution in [0, 0.1) is 0 Å². The number of rotatable bonds is 8. The van der Waals surface area contributed by atoms with Crippen LogP contribution in [0.15, 0.2) is 124 Å². The topological polar surface area (TPSA) is 78.8 Å². The second-order valence-electron chi connectivity index (χ2n) is 7.58. The molecule has 0 spiro atoms. The van der Waals surface area contributed by atoms with Crippen LogP contribution in [0.3, 0.4) is 0 Å². The van der Waals surface area contributed by atoms with Crippen molar-refractivity contribution >= 4 is 43.8 Å². The van der Waals surface area contributed by atoms with Gasteiger partial charge in [-0.05, 0) is 47.5 Å². The molecule has 0 bridgehead atoms. The number of benzene rings is 4. The van der Waals surface area contributed by atoms with Crippen molar-refractivity contribution in [2.75, 3.05) is 4.31 Å². The maximum absolute atomic E-state index is 13.7. The van der Waals surface area contributed by atoms with Crippen molar-refractivity contribution in [2.45, 2.75) is 11.4 Å². The lowest BCUT2D eigenvalue weighted by molar-refractivity contribution is 0.0956. The summed E-state index contributed by atoms with van der Waals surface area (Å²) in [6, 6.07) is 31.5. The molecule has 0 saturated heterocycles. The molecule has 8 heteroatoms. The highest BCUT2D eigenvalue weighted by Crippen LogP contribution is 2.29. The molecule has 0 aliphatic rings. The first-order valence-electron chi connectivity index (χ1n) is 10.7. The van der Waals surface area contributed by atoms with Crippen LogP contribution in [-0.2, 0) is 16.6 Å². The molecule has 0 saturated carbocycles. The molecule has 1 amide bonds. The van der Waals surface area contributed by atoms with Gasteiger partial charge in [0.05, 0.1) is 28.9 Å². The zero-order valence-corrected chi connectivity index (χ0v) is 21.0. The number of hydrogen-bond donors (Lipinski definition) is 1. The van der Waals surface area contributed by atoms with Crippen LogP contribution >= 0.6 is 15.9 Å². The summed E-state index contributed by atoms with van der Waals surface area (Å²) in [5.41, 5.74) is 4.55. The fourth-order valence-corrected chi connectivity index (χ4v) is 5.18. The maximum atomic E-state index is 13.7. The Morgan fingerprint density at radius 1 is 0.829 bits per heavy atom. The Bertz CT molecular complexity index is 1430. The Morgan fingerprint density at radius 2 is 1.43 bits per heavy atom. The van der Waals surface area contributed by atoms with Crippen molar-refractivity contribution in [3.8, 4) is 0 Å². The van der Waals surface area contributed by atoms with Gasteiger partial charge in [-0.15, -0.1) is 0 Å². The summed E-state index contributed by atoms with van der Waals surface area (Å²) in [6.07, 6.45) is 1.52. The smallest absolute Gasteiger partial charge is 0.267 e. The zero-order chi connectivity index (χ0) is 24.7. The normalized spacial score (nSPS) is 11.3. The molecule has 35 heavy (non-hydrogen) atoms. The van der Waals surface area contributed by atoms with Crippen molar-refractivity contribution in [3.05, 3.63) is 130 Å². The predicted octanol–water partition coefficient (Wildman–Crippen LogP) is 5.61. The molecule has 0 unspecified atom stereocenters. The molecule has 6 nitrogen and oxygen atoms in total. The number of halogens is 1. The Kier molecular flexibility index (Phi) is 7.74. The third-order valence-corrected chi connectivity index (χ3v) is 7.47. The molecule has 0 aromatic heterocycles. The maximum Gasteiger partial charge on any atom is 0.273 e. The minimum atomic E-state index is -3.97. The van der Waals surface area contributed by atoms with E-state index in [1.165, 1.54) is 10.5 Å². The van der Waals surface area contributed by atoms with Gasteiger partial charge in [0.25, 0.3) is 15.9 Å². The van der Waals surface area contributed by atoms with Gasteiger partial charge in [-0.3, -0.25) is 9.10 Å². The average Bonchev–Trinajstić information content (AvgIpc) is 2.89. The molecule has 4 rings (SSSR count). The van der Waals surface area contributed by atoms with Gasteiger partial charge in [0.1, 0.15) is 0 Å². The van der Waals surface area contributed by atoms with E-state index >= 15 is 0 Å². The lowest BCUT2D eigenvalue weighted by Gasteiger charge is -2.26. The first-order valence-corrected chi connectivity index (χ1v) is 13.0. The van der Waals surface area contributed by atoms with Gasteiger partial charge in [-0.1, -0.05) is 88.7 Å². The highest BCUT2D eigenvalue weighted by Gasteiger charge is 2.28. The number of hydrogen-bond acceptors (Lipinski definition) is 4. The summed E-state index contributed by atoms with van der Waals surface area (Å²) in [5, 5.41) is 4.04. The summed E-state index contributed by atoms with van der Waals surface area (Å²) >= 11 is 3.38. The van der Waals surface area contributed by atoms with Crippen molar-refractivity contribution in [1.29, 1.82) is 0 Å². The Morgan fingerprint density at radius 3 is 2.11 bits per heavy atom. The number of nitrogens with zero attached hydrogens (tertiary/aromatic N) is 2. The third kappa shape index (κ3) is 6.03. The monoisotopic (exact) mass is 547 g/mol. The minimum Gasteiger partial charge on any atom is -0.267 e.